The minimum Gasteiger partial charge on any atom is -0.470 e. The van der Waals surface area contributed by atoms with Crippen molar-refractivity contribution in [2.75, 3.05) is 0 Å². The maximum atomic E-state index is 12.1. The smallest absolute Gasteiger partial charge is 0.227 e. The molecule has 3 heteroatoms. The van der Waals surface area contributed by atoms with Crippen molar-refractivity contribution in [2.24, 2.45) is 11.3 Å². The third-order valence-corrected chi connectivity index (χ3v) is 3.72. The first-order valence-corrected chi connectivity index (χ1v) is 6.04. The summed E-state index contributed by atoms with van der Waals surface area (Å²) in [6.45, 7) is 6.34. The number of nitrogens with one attached hydrogen (secondary N) is 1. The van der Waals surface area contributed by atoms with Gasteiger partial charge < -0.3 is 10.1 Å². The zero-order chi connectivity index (χ0) is 12.2. The van der Waals surface area contributed by atoms with E-state index in [0.717, 1.165) is 11.3 Å². The van der Waals surface area contributed by atoms with E-state index in [4.69, 9.17) is 4.74 Å². The molecule has 3 rings (SSSR count). The fourth-order valence-electron chi connectivity index (χ4n) is 3.04. The molecule has 0 saturated carbocycles. The number of rotatable bonds is 0. The molecule has 0 aromatic heterocycles. The van der Waals surface area contributed by atoms with Crippen molar-refractivity contribution < 1.29 is 9.53 Å². The molecule has 2 heterocycles. The van der Waals surface area contributed by atoms with Crippen LogP contribution in [0.2, 0.25) is 0 Å². The summed E-state index contributed by atoms with van der Waals surface area (Å²) in [5, 5.41) is 2.96. The molecule has 90 valence electrons. The molecule has 0 unspecified atom stereocenters. The van der Waals surface area contributed by atoms with Gasteiger partial charge in [-0.1, -0.05) is 39.0 Å². The highest BCUT2D eigenvalue weighted by Crippen LogP contribution is 2.50. The van der Waals surface area contributed by atoms with Crippen molar-refractivity contribution in [3.8, 4) is 5.75 Å². The average molecular weight is 231 g/mol. The van der Waals surface area contributed by atoms with Crippen LogP contribution in [0, 0.1) is 11.3 Å². The number of ether oxygens (including phenoxy) is 1. The molecule has 0 spiro atoms. The van der Waals surface area contributed by atoms with Gasteiger partial charge in [-0.05, 0) is 11.5 Å². The topological polar surface area (TPSA) is 38.3 Å². The summed E-state index contributed by atoms with van der Waals surface area (Å²) in [6, 6.07) is 8.01. The number of para-hydroxylation sites is 1. The number of carbonyl (C=O) groups is 1. The Morgan fingerprint density at radius 1 is 1.24 bits per heavy atom. The van der Waals surface area contributed by atoms with Crippen LogP contribution in [0.5, 0.6) is 5.75 Å². The molecule has 0 radical (unpaired) electrons. The molecule has 0 bridgehead atoms. The molecule has 3 atom stereocenters. The molecular weight excluding hydrogens is 214 g/mol. The highest BCUT2D eigenvalue weighted by atomic mass is 16.5. The van der Waals surface area contributed by atoms with E-state index >= 15 is 0 Å². The second-order valence-corrected chi connectivity index (χ2v) is 5.95. The van der Waals surface area contributed by atoms with E-state index in [9.17, 15) is 4.79 Å². The monoisotopic (exact) mass is 231 g/mol. The van der Waals surface area contributed by atoms with Gasteiger partial charge in [-0.15, -0.1) is 0 Å². The molecule has 0 aliphatic carbocycles. The largest absolute Gasteiger partial charge is 0.470 e. The van der Waals surface area contributed by atoms with Gasteiger partial charge in [-0.25, -0.2) is 0 Å². The quantitative estimate of drug-likeness (QED) is 0.744. The molecule has 2 aliphatic rings. The van der Waals surface area contributed by atoms with Crippen LogP contribution < -0.4 is 10.1 Å². The van der Waals surface area contributed by atoms with E-state index in [1.165, 1.54) is 0 Å². The van der Waals surface area contributed by atoms with Gasteiger partial charge in [-0.3, -0.25) is 4.79 Å². The van der Waals surface area contributed by atoms with Crippen LogP contribution in [-0.4, -0.2) is 12.1 Å². The first-order valence-electron chi connectivity index (χ1n) is 6.04. The van der Waals surface area contributed by atoms with Gasteiger partial charge in [0.05, 0.1) is 11.8 Å². The summed E-state index contributed by atoms with van der Waals surface area (Å²) in [7, 11) is 0. The van der Waals surface area contributed by atoms with Crippen LogP contribution in [0.15, 0.2) is 24.3 Å². The van der Waals surface area contributed by atoms with Crippen LogP contribution in [0.4, 0.5) is 0 Å². The Balaban J connectivity index is 2.07. The van der Waals surface area contributed by atoms with E-state index in [-0.39, 0.29) is 29.4 Å². The summed E-state index contributed by atoms with van der Waals surface area (Å²) in [6.07, 6.45) is -0.177. The van der Waals surface area contributed by atoms with Crippen LogP contribution >= 0.6 is 0 Å². The van der Waals surface area contributed by atoms with Gasteiger partial charge in [0.15, 0.2) is 6.23 Å². The normalized spacial score (nSPS) is 30.5. The zero-order valence-electron chi connectivity index (χ0n) is 10.4. The van der Waals surface area contributed by atoms with E-state index in [0.29, 0.717) is 0 Å². The zero-order valence-corrected chi connectivity index (χ0v) is 10.4. The summed E-state index contributed by atoms with van der Waals surface area (Å²) in [4.78, 5) is 12.1. The van der Waals surface area contributed by atoms with E-state index in [1.54, 1.807) is 0 Å². The van der Waals surface area contributed by atoms with Crippen molar-refractivity contribution in [2.45, 2.75) is 32.9 Å². The van der Waals surface area contributed by atoms with Crippen LogP contribution in [0.3, 0.4) is 0 Å². The lowest BCUT2D eigenvalue weighted by atomic mass is 9.72. The minimum absolute atomic E-state index is 0.0175. The molecule has 17 heavy (non-hydrogen) atoms. The Morgan fingerprint density at radius 3 is 2.65 bits per heavy atom. The standard InChI is InChI=1S/C14H17NO2/c1-14(2,3)11-10-8-6-4-5-7-9(8)17-13(10)15-12(11)16/h4-7,10-11,13H,1-3H3,(H,15,16)/t10-,11+,13-/m0/s1. The molecule has 1 aromatic rings. The number of amides is 1. The first kappa shape index (κ1) is 10.6. The Kier molecular flexibility index (Phi) is 2.03. The molecule has 1 N–H and O–H groups in total. The fraction of sp³-hybridized carbons (Fsp3) is 0.500. The van der Waals surface area contributed by atoms with Crippen molar-refractivity contribution in [1.29, 1.82) is 0 Å². The fourth-order valence-corrected chi connectivity index (χ4v) is 3.04. The Bertz CT molecular complexity index is 475. The lowest BCUT2D eigenvalue weighted by Gasteiger charge is -2.28. The highest BCUT2D eigenvalue weighted by molar-refractivity contribution is 5.84. The second kappa shape index (κ2) is 3.25. The lowest BCUT2D eigenvalue weighted by Crippen LogP contribution is -2.32. The summed E-state index contributed by atoms with van der Waals surface area (Å²) in [5.41, 5.74) is 1.11. The minimum atomic E-state index is -0.177. The first-order chi connectivity index (χ1) is 7.98. The molecule has 1 amide bonds. The predicted octanol–water partition coefficient (Wildman–Crippen LogP) is 2.28. The number of benzene rings is 1. The summed E-state index contributed by atoms with van der Waals surface area (Å²) >= 11 is 0. The van der Waals surface area contributed by atoms with Gasteiger partial charge >= 0.3 is 0 Å². The van der Waals surface area contributed by atoms with Gasteiger partial charge in [0.1, 0.15) is 5.75 Å². The number of hydrogen-bond donors (Lipinski definition) is 1. The Labute approximate surface area is 101 Å². The SMILES string of the molecule is CC(C)(C)[C@H]1C(=O)N[C@H]2Oc3ccccc3[C@H]21. The second-order valence-electron chi connectivity index (χ2n) is 5.95. The van der Waals surface area contributed by atoms with Crippen molar-refractivity contribution in [3.05, 3.63) is 29.8 Å². The average Bonchev–Trinajstić information content (AvgIpc) is 2.70. The summed E-state index contributed by atoms with van der Waals surface area (Å²) in [5.74, 6) is 1.16. The molecular formula is C14H17NO2. The van der Waals surface area contributed by atoms with E-state index in [2.05, 4.69) is 32.2 Å². The van der Waals surface area contributed by atoms with Crippen LogP contribution in [0.1, 0.15) is 32.3 Å². The van der Waals surface area contributed by atoms with Gasteiger partial charge in [-0.2, -0.15) is 0 Å². The van der Waals surface area contributed by atoms with Gasteiger partial charge in [0.25, 0.3) is 0 Å². The van der Waals surface area contributed by atoms with E-state index < -0.39 is 0 Å². The van der Waals surface area contributed by atoms with Crippen molar-refractivity contribution >= 4 is 5.91 Å². The van der Waals surface area contributed by atoms with Gasteiger partial charge in [0, 0.05) is 5.56 Å². The van der Waals surface area contributed by atoms with E-state index in [1.807, 2.05) is 18.2 Å². The number of fused-ring (bicyclic) bond motifs is 3. The van der Waals surface area contributed by atoms with Crippen molar-refractivity contribution in [3.63, 3.8) is 0 Å². The number of hydrogen-bond acceptors (Lipinski definition) is 2. The van der Waals surface area contributed by atoms with Crippen LogP contribution in [0.25, 0.3) is 0 Å². The molecule has 2 aliphatic heterocycles. The third-order valence-electron chi connectivity index (χ3n) is 3.72. The molecule has 1 aromatic carbocycles. The molecule has 3 nitrogen and oxygen atoms in total. The predicted molar refractivity (Wildman–Crippen MR) is 64.7 cm³/mol. The molecule has 1 fully saturated rings. The Morgan fingerprint density at radius 2 is 1.94 bits per heavy atom. The van der Waals surface area contributed by atoms with Crippen molar-refractivity contribution in [1.82, 2.24) is 5.32 Å². The van der Waals surface area contributed by atoms with Crippen LogP contribution in [-0.2, 0) is 4.79 Å². The highest BCUT2D eigenvalue weighted by Gasteiger charge is 2.53. The maximum absolute atomic E-state index is 12.1. The maximum Gasteiger partial charge on any atom is 0.227 e. The summed E-state index contributed by atoms with van der Waals surface area (Å²) < 4.78 is 5.79. The number of carbonyl (C=O) groups excluding carboxylic acids is 1. The third kappa shape index (κ3) is 1.45. The molecule has 1 saturated heterocycles. The Hall–Kier alpha value is -1.51. The lowest BCUT2D eigenvalue weighted by molar-refractivity contribution is -0.125. The van der Waals surface area contributed by atoms with Gasteiger partial charge in [0.2, 0.25) is 5.91 Å².